The van der Waals surface area contributed by atoms with Gasteiger partial charge in [-0.2, -0.15) is 13.2 Å². The van der Waals surface area contributed by atoms with Gasteiger partial charge in [-0.05, 0) is 58.8 Å². The average Bonchev–Trinajstić information content (AvgIpc) is 3.46. The Morgan fingerprint density at radius 1 is 0.919 bits per heavy atom. The van der Waals surface area contributed by atoms with Crippen LogP contribution in [-0.4, -0.2) is 32.3 Å². The minimum absolute atomic E-state index is 0.142. The van der Waals surface area contributed by atoms with Gasteiger partial charge in [0.05, 0.1) is 11.4 Å². The van der Waals surface area contributed by atoms with Crippen molar-refractivity contribution in [2.45, 2.75) is 6.18 Å². The fourth-order valence-electron chi connectivity index (χ4n) is 3.39. The van der Waals surface area contributed by atoms with Crippen molar-refractivity contribution in [3.63, 3.8) is 0 Å². The van der Waals surface area contributed by atoms with Crippen molar-refractivity contribution in [2.24, 2.45) is 10.2 Å². The van der Waals surface area contributed by atoms with Crippen molar-refractivity contribution in [1.29, 1.82) is 0 Å². The first kappa shape index (κ1) is 25.1. The predicted octanol–water partition coefficient (Wildman–Crippen LogP) is 5.16. The molecule has 0 bridgehead atoms. The number of pyridine rings is 1. The van der Waals surface area contributed by atoms with Crippen LogP contribution in [0.1, 0.15) is 11.1 Å². The number of nitrogens with one attached hydrogen (secondary N) is 1. The lowest BCUT2D eigenvalue weighted by atomic mass is 10.1. The highest BCUT2D eigenvalue weighted by atomic mass is 19.4. The van der Waals surface area contributed by atoms with Gasteiger partial charge < -0.3 is 15.2 Å². The molecular weight excluding hydrogens is 485 g/mol. The molecule has 2 aromatic carbocycles. The highest BCUT2D eigenvalue weighted by molar-refractivity contribution is 5.73. The number of H-pyrrole nitrogens is 1. The Hall–Kier alpha value is -4.99. The highest BCUT2D eigenvalue weighted by Crippen LogP contribution is 2.26. The Balaban J connectivity index is 0.000000405. The van der Waals surface area contributed by atoms with Crippen LogP contribution in [-0.2, 0) is 4.79 Å². The lowest BCUT2D eigenvalue weighted by molar-refractivity contribution is -0.192. The maximum atomic E-state index is 10.6. The summed E-state index contributed by atoms with van der Waals surface area (Å²) in [5.74, 6) is -2.61. The first-order valence-electron chi connectivity index (χ1n) is 10.8. The molecular formula is C27H19F3N4O3. The summed E-state index contributed by atoms with van der Waals surface area (Å²) in [7, 11) is 0. The molecule has 0 aliphatic carbocycles. The number of carbonyl (C=O) groups is 1. The van der Waals surface area contributed by atoms with Crippen LogP contribution < -0.4 is 10.4 Å². The van der Waals surface area contributed by atoms with Gasteiger partial charge in [0, 0.05) is 28.9 Å². The number of aliphatic carboxylic acids is 1. The van der Waals surface area contributed by atoms with Crippen LogP contribution in [0.15, 0.2) is 95.4 Å². The van der Waals surface area contributed by atoms with Crippen LogP contribution in [0.4, 0.5) is 18.9 Å². The fraction of sp³-hybridized carbons (Fsp3) is 0.0370. The predicted molar refractivity (Wildman–Crippen MR) is 132 cm³/mol. The lowest BCUT2D eigenvalue weighted by Gasteiger charge is -1.94. The average molecular weight is 504 g/mol. The van der Waals surface area contributed by atoms with E-state index in [-0.39, 0.29) is 5.88 Å². The number of carboxylic acids is 1. The number of azo groups is 1. The Labute approximate surface area is 208 Å². The zero-order valence-electron chi connectivity index (χ0n) is 19.0. The number of aromatic hydroxyl groups is 1. The third-order valence-electron chi connectivity index (χ3n) is 5.18. The first-order chi connectivity index (χ1) is 17.7. The van der Waals surface area contributed by atoms with Crippen molar-refractivity contribution in [3.05, 3.63) is 107 Å². The van der Waals surface area contributed by atoms with Gasteiger partial charge in [-0.25, -0.2) is 4.79 Å². The Kier molecular flexibility index (Phi) is 7.28. The van der Waals surface area contributed by atoms with Crippen LogP contribution >= 0.6 is 0 Å². The Morgan fingerprint density at radius 3 is 2.30 bits per heavy atom. The van der Waals surface area contributed by atoms with E-state index in [2.05, 4.69) is 20.2 Å². The normalized spacial score (nSPS) is 12.9. The van der Waals surface area contributed by atoms with Gasteiger partial charge >= 0.3 is 12.1 Å². The van der Waals surface area contributed by atoms with Gasteiger partial charge in [0.15, 0.2) is 5.88 Å². The number of carboxylic acid groups (broad SMARTS) is 1. The largest absolute Gasteiger partial charge is 0.494 e. The fourth-order valence-corrected chi connectivity index (χ4v) is 3.39. The molecule has 7 nitrogen and oxygen atoms in total. The standard InChI is InChI=1S/C25H18N4O.C2HF3O2/c30-25-20(16-23(27-25)19-4-2-1-3-5-19)14-18-6-8-21-22(28-29-24(21)15-18)9-7-17-10-12-26-13-11-17;3-2(4,5)1(6)7/h1-16,27,30H;(H,6,7)/b9-7+,18-14?;. The molecule has 0 spiro atoms. The van der Waals surface area contributed by atoms with Gasteiger partial charge in [0.25, 0.3) is 0 Å². The first-order valence-corrected chi connectivity index (χ1v) is 10.8. The van der Waals surface area contributed by atoms with E-state index in [1.54, 1.807) is 12.4 Å². The molecule has 0 amide bonds. The second kappa shape index (κ2) is 10.7. The van der Waals surface area contributed by atoms with Gasteiger partial charge in [-0.15, -0.1) is 10.2 Å². The number of aromatic nitrogens is 2. The van der Waals surface area contributed by atoms with E-state index in [4.69, 9.17) is 9.90 Å². The maximum Gasteiger partial charge on any atom is 0.490 e. The molecule has 4 aromatic rings. The molecule has 1 aliphatic rings. The third kappa shape index (κ3) is 6.37. The summed E-state index contributed by atoms with van der Waals surface area (Å²) in [6, 6.07) is 21.7. The maximum absolute atomic E-state index is 10.6. The summed E-state index contributed by atoms with van der Waals surface area (Å²) >= 11 is 0. The number of fused-ring (bicyclic) bond motifs is 1. The van der Waals surface area contributed by atoms with E-state index in [9.17, 15) is 18.3 Å². The highest BCUT2D eigenvalue weighted by Gasteiger charge is 2.38. The number of hydrogen-bond donors (Lipinski definition) is 3. The van der Waals surface area contributed by atoms with E-state index in [0.29, 0.717) is 0 Å². The quantitative estimate of drug-likeness (QED) is 0.356. The minimum Gasteiger partial charge on any atom is -0.494 e. The van der Waals surface area contributed by atoms with Crippen molar-refractivity contribution in [3.8, 4) is 17.1 Å². The third-order valence-corrected chi connectivity index (χ3v) is 5.18. The molecule has 0 saturated carbocycles. The Morgan fingerprint density at radius 2 is 1.62 bits per heavy atom. The molecule has 2 aromatic heterocycles. The zero-order valence-corrected chi connectivity index (χ0v) is 19.0. The molecule has 0 fully saturated rings. The van der Waals surface area contributed by atoms with Crippen molar-refractivity contribution in [1.82, 2.24) is 9.97 Å². The lowest BCUT2D eigenvalue weighted by Crippen LogP contribution is -2.21. The summed E-state index contributed by atoms with van der Waals surface area (Å²) < 4.78 is 31.7. The number of halogens is 3. The monoisotopic (exact) mass is 504 g/mol. The number of aromatic amines is 1. The summed E-state index contributed by atoms with van der Waals surface area (Å²) in [4.78, 5) is 16.0. The topological polar surface area (TPSA) is 111 Å². The molecule has 0 radical (unpaired) electrons. The molecule has 186 valence electrons. The van der Waals surface area contributed by atoms with E-state index in [0.717, 1.165) is 44.2 Å². The van der Waals surface area contributed by atoms with Crippen molar-refractivity contribution in [2.75, 3.05) is 0 Å². The van der Waals surface area contributed by atoms with Gasteiger partial charge in [0.1, 0.15) is 0 Å². The second-order valence-corrected chi connectivity index (χ2v) is 7.78. The summed E-state index contributed by atoms with van der Waals surface area (Å²) in [5.41, 5.74) is 5.32. The van der Waals surface area contributed by atoms with Gasteiger partial charge in [-0.3, -0.25) is 4.98 Å². The van der Waals surface area contributed by atoms with Crippen LogP contribution in [0.5, 0.6) is 5.88 Å². The van der Waals surface area contributed by atoms with E-state index >= 15 is 0 Å². The number of alkyl halides is 3. The molecule has 5 rings (SSSR count). The number of benzene rings is 2. The number of nitrogens with zero attached hydrogens (tertiary/aromatic N) is 3. The Bertz CT molecular complexity index is 1590. The van der Waals surface area contributed by atoms with Crippen molar-refractivity contribution < 1.29 is 28.2 Å². The van der Waals surface area contributed by atoms with Crippen molar-refractivity contribution >= 4 is 29.5 Å². The SMILES string of the molecule is O=C(O)C(F)(F)F.Oc1[nH]c(-c2ccccc2)cc1C=c1ccc2c(c1)N=NC=2/C=C/c1ccncc1. The van der Waals surface area contributed by atoms with Crippen LogP contribution in [0.25, 0.3) is 29.1 Å². The summed E-state index contributed by atoms with van der Waals surface area (Å²) in [6.45, 7) is 0. The molecule has 0 unspecified atom stereocenters. The van der Waals surface area contributed by atoms with Gasteiger partial charge in [0.2, 0.25) is 0 Å². The smallest absolute Gasteiger partial charge is 0.490 e. The number of hydrogen-bond acceptors (Lipinski definition) is 5. The van der Waals surface area contributed by atoms with E-state index in [1.165, 1.54) is 0 Å². The molecule has 3 heterocycles. The van der Waals surface area contributed by atoms with Crippen LogP contribution in [0.3, 0.4) is 0 Å². The molecule has 3 N–H and O–H groups in total. The number of rotatable bonds is 4. The summed E-state index contributed by atoms with van der Waals surface area (Å²) in [5, 5.41) is 28.0. The molecule has 0 saturated heterocycles. The van der Waals surface area contributed by atoms with E-state index < -0.39 is 12.1 Å². The zero-order chi connectivity index (χ0) is 26.4. The summed E-state index contributed by atoms with van der Waals surface area (Å²) in [6.07, 6.45) is 4.32. The van der Waals surface area contributed by atoms with Gasteiger partial charge in [-0.1, -0.05) is 42.5 Å². The van der Waals surface area contributed by atoms with Crippen LogP contribution in [0, 0.1) is 0 Å². The molecule has 1 aliphatic heterocycles. The molecule has 10 heteroatoms. The minimum atomic E-state index is -5.08. The molecule has 37 heavy (non-hydrogen) atoms. The second-order valence-electron chi connectivity index (χ2n) is 7.78. The molecule has 0 atom stereocenters. The van der Waals surface area contributed by atoms with E-state index in [1.807, 2.05) is 85.0 Å². The van der Waals surface area contributed by atoms with Crippen LogP contribution in [0.2, 0.25) is 0 Å².